The summed E-state index contributed by atoms with van der Waals surface area (Å²) in [6.45, 7) is 4.04. The predicted octanol–water partition coefficient (Wildman–Crippen LogP) is 3.36. The van der Waals surface area contributed by atoms with E-state index in [0.29, 0.717) is 35.2 Å². The van der Waals surface area contributed by atoms with Gasteiger partial charge in [0.25, 0.3) is 11.8 Å². The van der Waals surface area contributed by atoms with Gasteiger partial charge in [-0.3, -0.25) is 9.69 Å². The molecule has 1 fully saturated rings. The number of halogens is 3. The third-order valence-corrected chi connectivity index (χ3v) is 6.67. The second-order valence-corrected chi connectivity index (χ2v) is 8.89. The lowest BCUT2D eigenvalue weighted by atomic mass is 10.2. The van der Waals surface area contributed by atoms with E-state index in [9.17, 15) is 13.6 Å². The van der Waals surface area contributed by atoms with Crippen LogP contribution in [0.3, 0.4) is 0 Å². The van der Waals surface area contributed by atoms with Crippen LogP contribution in [0.15, 0.2) is 30.5 Å². The summed E-state index contributed by atoms with van der Waals surface area (Å²) in [5, 5.41) is 2.54. The Morgan fingerprint density at radius 1 is 1.24 bits per heavy atom. The van der Waals surface area contributed by atoms with Crippen LogP contribution >= 0.6 is 22.9 Å². The Hall–Kier alpha value is -2.86. The van der Waals surface area contributed by atoms with E-state index in [0.717, 1.165) is 31.8 Å². The molecule has 3 aromatic rings. The zero-order valence-electron chi connectivity index (χ0n) is 18.0. The predicted molar refractivity (Wildman–Crippen MR) is 125 cm³/mol. The van der Waals surface area contributed by atoms with Crippen molar-refractivity contribution in [1.82, 2.24) is 20.2 Å². The topological polar surface area (TPSA) is 103 Å². The highest BCUT2D eigenvalue weighted by Gasteiger charge is 2.17. The first-order valence-electron chi connectivity index (χ1n) is 10.5. The number of aromatic nitrogens is 2. The van der Waals surface area contributed by atoms with Crippen LogP contribution in [-0.4, -0.2) is 60.2 Å². The summed E-state index contributed by atoms with van der Waals surface area (Å²) in [6.07, 6.45) is 1.45. The molecule has 3 N–H and O–H groups in total. The molecule has 0 bridgehead atoms. The lowest BCUT2D eigenvalue weighted by Gasteiger charge is -2.26. The third-order valence-electron chi connectivity index (χ3n) is 5.16. The lowest BCUT2D eigenvalue weighted by molar-refractivity contribution is 0.0383. The first-order chi connectivity index (χ1) is 16.4. The van der Waals surface area contributed by atoms with Gasteiger partial charge in [0.1, 0.15) is 23.9 Å². The molecule has 180 valence electrons. The molecule has 3 heterocycles. The highest BCUT2D eigenvalue weighted by molar-refractivity contribution is 7.17. The van der Waals surface area contributed by atoms with Gasteiger partial charge in [-0.1, -0.05) is 11.6 Å². The van der Waals surface area contributed by atoms with Gasteiger partial charge < -0.3 is 20.5 Å². The third kappa shape index (κ3) is 5.79. The molecule has 34 heavy (non-hydrogen) atoms. The Labute approximate surface area is 203 Å². The van der Waals surface area contributed by atoms with E-state index < -0.39 is 11.6 Å². The standard InChI is InChI=1S/C22H22ClF2N5O3S/c23-19-13(14(24)1-2-15(19)25)12-33-22-20(26)28-11-16(29-22)17-3-4-18(34-17)21(31)27-5-6-30-7-9-32-10-8-30/h1-4,11H,5-10,12H2,(H2,26,28)(H,27,31). The molecule has 1 saturated heterocycles. The molecule has 4 rings (SSSR count). The molecule has 0 aliphatic carbocycles. The van der Waals surface area contributed by atoms with Crippen LogP contribution < -0.4 is 15.8 Å². The molecule has 2 aromatic heterocycles. The van der Waals surface area contributed by atoms with Crippen molar-refractivity contribution in [3.63, 3.8) is 0 Å². The quantitative estimate of drug-likeness (QED) is 0.449. The van der Waals surface area contributed by atoms with Crippen molar-refractivity contribution < 1.29 is 23.0 Å². The Balaban J connectivity index is 1.40. The smallest absolute Gasteiger partial charge is 0.261 e. The van der Waals surface area contributed by atoms with Crippen LogP contribution in [-0.2, 0) is 11.3 Å². The number of ether oxygens (including phenoxy) is 2. The molecule has 1 aliphatic heterocycles. The second kappa shape index (κ2) is 11.0. The highest BCUT2D eigenvalue weighted by Crippen LogP contribution is 2.30. The van der Waals surface area contributed by atoms with E-state index in [1.54, 1.807) is 12.1 Å². The number of thiophene rings is 1. The van der Waals surface area contributed by atoms with Gasteiger partial charge in [-0.15, -0.1) is 11.3 Å². The van der Waals surface area contributed by atoms with Crippen LogP contribution in [0.4, 0.5) is 14.6 Å². The average molecular weight is 510 g/mol. The van der Waals surface area contributed by atoms with E-state index in [1.807, 2.05) is 0 Å². The molecule has 1 amide bonds. The number of amides is 1. The van der Waals surface area contributed by atoms with Gasteiger partial charge in [0, 0.05) is 31.7 Å². The highest BCUT2D eigenvalue weighted by atomic mass is 35.5. The first-order valence-corrected chi connectivity index (χ1v) is 11.7. The van der Waals surface area contributed by atoms with Crippen molar-refractivity contribution in [3.8, 4) is 16.5 Å². The summed E-state index contributed by atoms with van der Waals surface area (Å²) in [7, 11) is 0. The van der Waals surface area contributed by atoms with Crippen LogP contribution in [0.5, 0.6) is 5.88 Å². The summed E-state index contributed by atoms with van der Waals surface area (Å²) in [4.78, 5) is 24.3. The van der Waals surface area contributed by atoms with Gasteiger partial charge in [-0.05, 0) is 24.3 Å². The summed E-state index contributed by atoms with van der Waals surface area (Å²) < 4.78 is 38.5. The molecule has 8 nitrogen and oxygen atoms in total. The zero-order valence-corrected chi connectivity index (χ0v) is 19.6. The monoisotopic (exact) mass is 509 g/mol. The maximum Gasteiger partial charge on any atom is 0.261 e. The fourth-order valence-electron chi connectivity index (χ4n) is 3.29. The van der Waals surface area contributed by atoms with E-state index in [2.05, 4.69) is 20.2 Å². The number of nitrogens with one attached hydrogen (secondary N) is 1. The fourth-order valence-corrected chi connectivity index (χ4v) is 4.37. The van der Waals surface area contributed by atoms with Crippen LogP contribution in [0, 0.1) is 11.6 Å². The van der Waals surface area contributed by atoms with Gasteiger partial charge >= 0.3 is 0 Å². The van der Waals surface area contributed by atoms with E-state index in [4.69, 9.17) is 26.8 Å². The summed E-state index contributed by atoms with van der Waals surface area (Å²) in [5.41, 5.74) is 6.11. The molecule has 1 aliphatic rings. The number of hydrogen-bond acceptors (Lipinski definition) is 8. The lowest BCUT2D eigenvalue weighted by Crippen LogP contribution is -2.41. The maximum atomic E-state index is 14.0. The van der Waals surface area contributed by atoms with Gasteiger partial charge in [-0.25, -0.2) is 18.7 Å². The van der Waals surface area contributed by atoms with Crippen molar-refractivity contribution in [1.29, 1.82) is 0 Å². The largest absolute Gasteiger partial charge is 0.470 e. The molecule has 0 unspecified atom stereocenters. The molecule has 1 aromatic carbocycles. The van der Waals surface area contributed by atoms with E-state index in [1.165, 1.54) is 17.5 Å². The fraction of sp³-hybridized carbons (Fsp3) is 0.318. The summed E-state index contributed by atoms with van der Waals surface area (Å²) in [5.74, 6) is -1.72. The van der Waals surface area contributed by atoms with Crippen LogP contribution in [0.2, 0.25) is 5.02 Å². The van der Waals surface area contributed by atoms with Crippen LogP contribution in [0.1, 0.15) is 15.2 Å². The molecular weight excluding hydrogens is 488 g/mol. The number of hydrogen-bond donors (Lipinski definition) is 2. The van der Waals surface area contributed by atoms with Crippen molar-refractivity contribution in [3.05, 3.63) is 57.6 Å². The van der Waals surface area contributed by atoms with Crippen molar-refractivity contribution in [2.75, 3.05) is 45.1 Å². The van der Waals surface area contributed by atoms with Crippen molar-refractivity contribution >= 4 is 34.7 Å². The van der Waals surface area contributed by atoms with E-state index >= 15 is 0 Å². The molecule has 0 saturated carbocycles. The first kappa shape index (κ1) is 24.3. The number of carbonyl (C=O) groups is 1. The minimum atomic E-state index is -0.760. The molecule has 0 spiro atoms. The zero-order chi connectivity index (χ0) is 24.1. The van der Waals surface area contributed by atoms with Gasteiger partial charge in [0.15, 0.2) is 5.82 Å². The molecular formula is C22H22ClF2N5O3S. The minimum absolute atomic E-state index is 0.0191. The van der Waals surface area contributed by atoms with Gasteiger partial charge in [0.05, 0.1) is 34.2 Å². The molecule has 12 heteroatoms. The number of morpholine rings is 1. The number of nitrogens with two attached hydrogens (primary N) is 1. The second-order valence-electron chi connectivity index (χ2n) is 7.43. The Morgan fingerprint density at radius 2 is 2.00 bits per heavy atom. The number of nitrogens with zero attached hydrogens (tertiary/aromatic N) is 3. The van der Waals surface area contributed by atoms with Crippen molar-refractivity contribution in [2.45, 2.75) is 6.61 Å². The Morgan fingerprint density at radius 3 is 2.79 bits per heavy atom. The molecule has 0 radical (unpaired) electrons. The number of benzene rings is 1. The van der Waals surface area contributed by atoms with Crippen LogP contribution in [0.25, 0.3) is 10.6 Å². The number of anilines is 1. The SMILES string of the molecule is Nc1ncc(-c2ccc(C(=O)NCCN3CCOCC3)s2)nc1OCc1c(F)ccc(F)c1Cl. The van der Waals surface area contributed by atoms with Gasteiger partial charge in [0.2, 0.25) is 0 Å². The number of carbonyl (C=O) groups excluding carboxylic acids is 1. The number of rotatable bonds is 8. The average Bonchev–Trinajstić information content (AvgIpc) is 3.34. The Kier molecular flexibility index (Phi) is 7.88. The van der Waals surface area contributed by atoms with E-state index in [-0.39, 0.29) is 34.8 Å². The van der Waals surface area contributed by atoms with Crippen molar-refractivity contribution in [2.24, 2.45) is 0 Å². The number of nitrogen functional groups attached to an aromatic ring is 1. The summed E-state index contributed by atoms with van der Waals surface area (Å²) in [6, 6.07) is 5.34. The van der Waals surface area contributed by atoms with Gasteiger partial charge in [-0.2, -0.15) is 0 Å². The maximum absolute atomic E-state index is 14.0. The Bertz CT molecular complexity index is 1170. The minimum Gasteiger partial charge on any atom is -0.470 e. The molecule has 0 atom stereocenters. The summed E-state index contributed by atoms with van der Waals surface area (Å²) >= 11 is 7.08. The normalized spacial score (nSPS) is 14.2.